The van der Waals surface area contributed by atoms with Crippen molar-refractivity contribution >= 4 is 23.4 Å². The number of phenols is 1. The van der Waals surface area contributed by atoms with Gasteiger partial charge in [0.15, 0.2) is 11.5 Å². The number of aryl methyl sites for hydroxylation is 1. The number of nitrogens with two attached hydrogens (primary N) is 1. The fraction of sp³-hybridized carbons (Fsp3) is 0.412. The van der Waals surface area contributed by atoms with Crippen molar-refractivity contribution in [3.8, 4) is 11.5 Å². The number of anilines is 2. The average Bonchev–Trinajstić information content (AvgIpc) is 2.81. The van der Waals surface area contributed by atoms with E-state index in [-0.39, 0.29) is 17.7 Å². The molecule has 25 heavy (non-hydrogen) atoms. The van der Waals surface area contributed by atoms with E-state index in [1.54, 1.807) is 12.1 Å². The van der Waals surface area contributed by atoms with Crippen LogP contribution < -0.4 is 15.4 Å². The maximum absolute atomic E-state index is 10.2. The number of nitrogen functional groups attached to an aromatic ring is 1. The highest BCUT2D eigenvalue weighted by Crippen LogP contribution is 2.39. The summed E-state index contributed by atoms with van der Waals surface area (Å²) in [4.78, 5) is 10.6. The Morgan fingerprint density at radius 1 is 1.36 bits per heavy atom. The second-order valence-electron chi connectivity index (χ2n) is 5.91. The highest BCUT2D eigenvalue weighted by atomic mass is 35.5. The van der Waals surface area contributed by atoms with E-state index in [9.17, 15) is 5.11 Å². The van der Waals surface area contributed by atoms with Crippen molar-refractivity contribution in [2.45, 2.75) is 19.4 Å². The number of phenolic OH excluding ortho intramolecular Hbond substituents is 1. The second kappa shape index (κ2) is 7.33. The summed E-state index contributed by atoms with van der Waals surface area (Å²) in [7, 11) is 1.48. The molecule has 0 spiro atoms. The SMILES string of the molecule is COc1cc(Cl)c([C@@H]2COCCCN2c2cc(C)nc(N)n2)cc1O. The zero-order valence-electron chi connectivity index (χ0n) is 14.2. The van der Waals surface area contributed by atoms with Gasteiger partial charge in [0.1, 0.15) is 5.82 Å². The van der Waals surface area contributed by atoms with Crippen LogP contribution in [0.3, 0.4) is 0 Å². The molecule has 0 bridgehead atoms. The Morgan fingerprint density at radius 3 is 2.88 bits per heavy atom. The molecule has 3 N–H and O–H groups in total. The molecule has 0 amide bonds. The maximum Gasteiger partial charge on any atom is 0.222 e. The smallest absolute Gasteiger partial charge is 0.222 e. The molecule has 1 atom stereocenters. The van der Waals surface area contributed by atoms with Crippen molar-refractivity contribution in [1.82, 2.24) is 9.97 Å². The maximum atomic E-state index is 10.2. The number of nitrogens with zero attached hydrogens (tertiary/aromatic N) is 3. The van der Waals surface area contributed by atoms with Crippen LogP contribution >= 0.6 is 11.6 Å². The van der Waals surface area contributed by atoms with E-state index in [0.717, 1.165) is 24.2 Å². The Kier molecular flexibility index (Phi) is 5.15. The minimum absolute atomic E-state index is 0.0319. The number of aromatic hydroxyl groups is 1. The standard InChI is InChI=1S/C17H21ClN4O3/c1-10-6-16(21-17(19)20-10)22-4-3-5-25-9-13(22)11-7-14(23)15(24-2)8-12(11)18/h6-8,13,23H,3-5,9H2,1-2H3,(H2,19,20,21)/t13-/m0/s1. The van der Waals surface area contributed by atoms with E-state index in [4.69, 9.17) is 26.8 Å². The van der Waals surface area contributed by atoms with Crippen LogP contribution in [0.15, 0.2) is 18.2 Å². The van der Waals surface area contributed by atoms with Crippen molar-refractivity contribution in [3.63, 3.8) is 0 Å². The van der Waals surface area contributed by atoms with Crippen molar-refractivity contribution in [2.75, 3.05) is 37.5 Å². The molecule has 1 aliphatic rings. The number of hydrogen-bond donors (Lipinski definition) is 2. The monoisotopic (exact) mass is 364 g/mol. The van der Waals surface area contributed by atoms with Gasteiger partial charge in [0.05, 0.1) is 19.8 Å². The Balaban J connectivity index is 2.06. The summed E-state index contributed by atoms with van der Waals surface area (Å²) in [6.45, 7) is 3.67. The number of rotatable bonds is 3. The van der Waals surface area contributed by atoms with Gasteiger partial charge in [-0.05, 0) is 25.0 Å². The molecule has 0 radical (unpaired) electrons. The van der Waals surface area contributed by atoms with E-state index in [1.807, 2.05) is 13.0 Å². The molecule has 1 saturated heterocycles. The van der Waals surface area contributed by atoms with Crippen LogP contribution in [0.4, 0.5) is 11.8 Å². The molecule has 1 fully saturated rings. The molecule has 134 valence electrons. The molecule has 2 heterocycles. The molecule has 7 nitrogen and oxygen atoms in total. The average molecular weight is 365 g/mol. The van der Waals surface area contributed by atoms with Gasteiger partial charge in [-0.3, -0.25) is 0 Å². The Hall–Kier alpha value is -2.25. The third-order valence-electron chi connectivity index (χ3n) is 4.15. The summed E-state index contributed by atoms with van der Waals surface area (Å²) in [5.41, 5.74) is 7.35. The molecule has 2 aromatic rings. The highest BCUT2D eigenvalue weighted by Gasteiger charge is 2.28. The zero-order chi connectivity index (χ0) is 18.0. The topological polar surface area (TPSA) is 93.7 Å². The lowest BCUT2D eigenvalue weighted by Crippen LogP contribution is -2.32. The highest BCUT2D eigenvalue weighted by molar-refractivity contribution is 6.31. The predicted octanol–water partition coefficient (Wildman–Crippen LogP) is 2.70. The molecule has 1 aliphatic heterocycles. The summed E-state index contributed by atoms with van der Waals surface area (Å²) in [6.07, 6.45) is 0.846. The molecular formula is C17H21ClN4O3. The van der Waals surface area contributed by atoms with Crippen LogP contribution in [-0.2, 0) is 4.74 Å². The van der Waals surface area contributed by atoms with Gasteiger partial charge in [0, 0.05) is 36.0 Å². The van der Waals surface area contributed by atoms with Gasteiger partial charge in [0.2, 0.25) is 5.95 Å². The minimum Gasteiger partial charge on any atom is -0.504 e. The van der Waals surface area contributed by atoms with Crippen LogP contribution in [0.25, 0.3) is 0 Å². The Morgan fingerprint density at radius 2 is 2.16 bits per heavy atom. The fourth-order valence-corrected chi connectivity index (χ4v) is 3.29. The lowest BCUT2D eigenvalue weighted by molar-refractivity contribution is 0.134. The summed E-state index contributed by atoms with van der Waals surface area (Å²) in [5, 5.41) is 10.7. The van der Waals surface area contributed by atoms with Crippen LogP contribution in [-0.4, -0.2) is 41.9 Å². The van der Waals surface area contributed by atoms with Crippen LogP contribution in [0.5, 0.6) is 11.5 Å². The van der Waals surface area contributed by atoms with E-state index in [2.05, 4.69) is 14.9 Å². The first-order valence-corrected chi connectivity index (χ1v) is 8.39. The van der Waals surface area contributed by atoms with Crippen LogP contribution in [0.1, 0.15) is 23.7 Å². The van der Waals surface area contributed by atoms with Crippen molar-refractivity contribution in [2.24, 2.45) is 0 Å². The fourth-order valence-electron chi connectivity index (χ4n) is 3.01. The number of hydrogen-bond acceptors (Lipinski definition) is 7. The summed E-state index contributed by atoms with van der Waals surface area (Å²) >= 11 is 6.45. The molecule has 0 saturated carbocycles. The van der Waals surface area contributed by atoms with Crippen molar-refractivity contribution in [3.05, 3.63) is 34.5 Å². The third kappa shape index (κ3) is 3.72. The zero-order valence-corrected chi connectivity index (χ0v) is 15.0. The van der Waals surface area contributed by atoms with Crippen LogP contribution in [0.2, 0.25) is 5.02 Å². The lowest BCUT2D eigenvalue weighted by atomic mass is 10.0. The van der Waals surface area contributed by atoms with Gasteiger partial charge in [0.25, 0.3) is 0 Å². The third-order valence-corrected chi connectivity index (χ3v) is 4.48. The minimum atomic E-state index is -0.208. The number of benzene rings is 1. The van der Waals surface area contributed by atoms with E-state index in [0.29, 0.717) is 29.8 Å². The molecule has 0 unspecified atom stereocenters. The van der Waals surface area contributed by atoms with E-state index >= 15 is 0 Å². The number of aromatic nitrogens is 2. The molecular weight excluding hydrogens is 344 g/mol. The van der Waals surface area contributed by atoms with Crippen molar-refractivity contribution in [1.29, 1.82) is 0 Å². The van der Waals surface area contributed by atoms with Gasteiger partial charge >= 0.3 is 0 Å². The van der Waals surface area contributed by atoms with Gasteiger partial charge in [-0.2, -0.15) is 4.98 Å². The van der Waals surface area contributed by atoms with E-state index in [1.165, 1.54) is 7.11 Å². The number of ether oxygens (including phenoxy) is 2. The van der Waals surface area contributed by atoms with Gasteiger partial charge in [-0.25, -0.2) is 4.98 Å². The lowest BCUT2D eigenvalue weighted by Gasteiger charge is -2.31. The first-order chi connectivity index (χ1) is 12.0. The van der Waals surface area contributed by atoms with Gasteiger partial charge < -0.3 is 25.2 Å². The normalized spacial score (nSPS) is 18.0. The van der Waals surface area contributed by atoms with Crippen molar-refractivity contribution < 1.29 is 14.6 Å². The van der Waals surface area contributed by atoms with E-state index < -0.39 is 0 Å². The molecule has 1 aromatic heterocycles. The largest absolute Gasteiger partial charge is 0.504 e. The first-order valence-electron chi connectivity index (χ1n) is 8.01. The Bertz CT molecular complexity index is 752. The number of methoxy groups -OCH3 is 1. The van der Waals surface area contributed by atoms with Crippen LogP contribution in [0, 0.1) is 6.92 Å². The molecule has 1 aromatic carbocycles. The summed E-state index contributed by atoms with van der Waals surface area (Å²) in [5.74, 6) is 1.30. The summed E-state index contributed by atoms with van der Waals surface area (Å²) in [6, 6.07) is 4.90. The summed E-state index contributed by atoms with van der Waals surface area (Å²) < 4.78 is 10.9. The molecule has 8 heteroatoms. The molecule has 0 aliphatic carbocycles. The van der Waals surface area contributed by atoms with Gasteiger partial charge in [-0.15, -0.1) is 0 Å². The second-order valence-corrected chi connectivity index (χ2v) is 6.32. The van der Waals surface area contributed by atoms with Gasteiger partial charge in [-0.1, -0.05) is 11.6 Å². The predicted molar refractivity (Wildman–Crippen MR) is 96.4 cm³/mol. The molecule has 3 rings (SSSR count). The number of halogens is 1. The Labute approximate surface area is 151 Å². The first kappa shape index (κ1) is 17.6. The quantitative estimate of drug-likeness (QED) is 0.864.